The SMILES string of the molecule is CC(C)COc1ccccc1NC(=O)c1csc(-c2cccs2)n1. The number of thiazole rings is 1. The van der Waals surface area contributed by atoms with Gasteiger partial charge in [0.2, 0.25) is 0 Å². The van der Waals surface area contributed by atoms with Gasteiger partial charge in [0.1, 0.15) is 16.5 Å². The Morgan fingerprint density at radius 1 is 1.21 bits per heavy atom. The van der Waals surface area contributed by atoms with Crippen LogP contribution in [0.15, 0.2) is 47.2 Å². The number of nitrogens with zero attached hydrogens (tertiary/aromatic N) is 1. The zero-order valence-electron chi connectivity index (χ0n) is 13.5. The normalized spacial score (nSPS) is 10.8. The molecule has 3 rings (SSSR count). The van der Waals surface area contributed by atoms with E-state index in [1.807, 2.05) is 41.8 Å². The average molecular weight is 358 g/mol. The Balaban J connectivity index is 1.73. The summed E-state index contributed by atoms with van der Waals surface area (Å²) in [5.74, 6) is 0.864. The lowest BCUT2D eigenvalue weighted by Crippen LogP contribution is -2.14. The molecule has 0 saturated carbocycles. The highest BCUT2D eigenvalue weighted by Crippen LogP contribution is 2.29. The average Bonchev–Trinajstić information content (AvgIpc) is 3.25. The molecule has 3 aromatic rings. The second-order valence-electron chi connectivity index (χ2n) is 5.67. The number of para-hydroxylation sites is 2. The number of thiophene rings is 1. The van der Waals surface area contributed by atoms with Crippen molar-refractivity contribution in [3.05, 3.63) is 52.9 Å². The Labute approximate surface area is 149 Å². The quantitative estimate of drug-likeness (QED) is 0.662. The van der Waals surface area contributed by atoms with E-state index in [4.69, 9.17) is 4.74 Å². The summed E-state index contributed by atoms with van der Waals surface area (Å²) in [6, 6.07) is 11.4. The van der Waals surface area contributed by atoms with E-state index in [1.165, 1.54) is 11.3 Å². The molecule has 0 aliphatic heterocycles. The van der Waals surface area contributed by atoms with Gasteiger partial charge in [0.05, 0.1) is 17.2 Å². The van der Waals surface area contributed by atoms with Crippen LogP contribution in [-0.2, 0) is 0 Å². The number of carbonyl (C=O) groups is 1. The van der Waals surface area contributed by atoms with Crippen molar-refractivity contribution in [2.24, 2.45) is 5.92 Å². The lowest BCUT2D eigenvalue weighted by Gasteiger charge is -2.13. The van der Waals surface area contributed by atoms with Gasteiger partial charge >= 0.3 is 0 Å². The highest BCUT2D eigenvalue weighted by Gasteiger charge is 2.14. The topological polar surface area (TPSA) is 51.2 Å². The summed E-state index contributed by atoms with van der Waals surface area (Å²) in [7, 11) is 0. The molecule has 0 fully saturated rings. The minimum Gasteiger partial charge on any atom is -0.491 e. The van der Waals surface area contributed by atoms with Crippen molar-refractivity contribution >= 4 is 34.3 Å². The van der Waals surface area contributed by atoms with Gasteiger partial charge in [-0.1, -0.05) is 32.0 Å². The van der Waals surface area contributed by atoms with Crippen molar-refractivity contribution in [1.82, 2.24) is 4.98 Å². The second-order valence-corrected chi connectivity index (χ2v) is 7.48. The summed E-state index contributed by atoms with van der Waals surface area (Å²) in [5.41, 5.74) is 1.08. The smallest absolute Gasteiger partial charge is 0.275 e. The number of anilines is 1. The van der Waals surface area contributed by atoms with Gasteiger partial charge in [-0.05, 0) is 29.5 Å². The van der Waals surface area contributed by atoms with E-state index in [1.54, 1.807) is 16.7 Å². The molecule has 1 amide bonds. The molecule has 124 valence electrons. The Kier molecular flexibility index (Phi) is 5.27. The second kappa shape index (κ2) is 7.59. The van der Waals surface area contributed by atoms with Crippen LogP contribution in [0.2, 0.25) is 0 Å². The molecule has 0 atom stereocenters. The summed E-state index contributed by atoms with van der Waals surface area (Å²) >= 11 is 3.08. The van der Waals surface area contributed by atoms with Crippen molar-refractivity contribution in [3.63, 3.8) is 0 Å². The van der Waals surface area contributed by atoms with E-state index in [0.29, 0.717) is 29.7 Å². The molecule has 0 radical (unpaired) electrons. The first-order valence-corrected chi connectivity index (χ1v) is 9.42. The molecule has 0 saturated heterocycles. The van der Waals surface area contributed by atoms with Crippen molar-refractivity contribution < 1.29 is 9.53 Å². The fraction of sp³-hybridized carbons (Fsp3) is 0.222. The van der Waals surface area contributed by atoms with Crippen LogP contribution in [-0.4, -0.2) is 17.5 Å². The Bertz CT molecular complexity index is 810. The summed E-state index contributed by atoms with van der Waals surface area (Å²) in [6.07, 6.45) is 0. The summed E-state index contributed by atoms with van der Waals surface area (Å²) in [4.78, 5) is 18.0. The summed E-state index contributed by atoms with van der Waals surface area (Å²) < 4.78 is 5.77. The number of aromatic nitrogens is 1. The lowest BCUT2D eigenvalue weighted by atomic mass is 10.2. The van der Waals surface area contributed by atoms with Crippen LogP contribution in [0.5, 0.6) is 5.75 Å². The van der Waals surface area contributed by atoms with E-state index >= 15 is 0 Å². The molecular formula is C18H18N2O2S2. The molecule has 6 heteroatoms. The van der Waals surface area contributed by atoms with Crippen LogP contribution in [0.4, 0.5) is 5.69 Å². The van der Waals surface area contributed by atoms with Crippen LogP contribution in [0, 0.1) is 5.92 Å². The van der Waals surface area contributed by atoms with Gasteiger partial charge in [0.25, 0.3) is 5.91 Å². The fourth-order valence-corrected chi connectivity index (χ4v) is 3.64. The number of amides is 1. The predicted octanol–water partition coefficient (Wildman–Crippen LogP) is 5.16. The zero-order valence-corrected chi connectivity index (χ0v) is 15.1. The van der Waals surface area contributed by atoms with Crippen molar-refractivity contribution in [3.8, 4) is 15.6 Å². The molecule has 0 spiro atoms. The molecular weight excluding hydrogens is 340 g/mol. The Hall–Kier alpha value is -2.18. The van der Waals surface area contributed by atoms with Gasteiger partial charge in [0, 0.05) is 5.38 Å². The molecule has 0 aliphatic carbocycles. The molecule has 0 bridgehead atoms. The Morgan fingerprint density at radius 3 is 2.79 bits per heavy atom. The van der Waals surface area contributed by atoms with Gasteiger partial charge in [-0.2, -0.15) is 0 Å². The first kappa shape index (κ1) is 16.7. The first-order chi connectivity index (χ1) is 11.6. The van der Waals surface area contributed by atoms with Gasteiger partial charge < -0.3 is 10.1 Å². The standard InChI is InChI=1S/C18H18N2O2S2/c1-12(2)10-22-15-7-4-3-6-13(15)19-17(21)14-11-24-18(20-14)16-8-5-9-23-16/h3-9,11-12H,10H2,1-2H3,(H,19,21). The highest BCUT2D eigenvalue weighted by atomic mass is 32.1. The van der Waals surface area contributed by atoms with Crippen LogP contribution >= 0.6 is 22.7 Å². The van der Waals surface area contributed by atoms with Crippen LogP contribution in [0.3, 0.4) is 0 Å². The van der Waals surface area contributed by atoms with E-state index in [0.717, 1.165) is 9.88 Å². The predicted molar refractivity (Wildman–Crippen MR) is 100 cm³/mol. The number of nitrogens with one attached hydrogen (secondary N) is 1. The first-order valence-electron chi connectivity index (χ1n) is 7.66. The van der Waals surface area contributed by atoms with Crippen LogP contribution in [0.1, 0.15) is 24.3 Å². The van der Waals surface area contributed by atoms with E-state index in [2.05, 4.69) is 24.1 Å². The van der Waals surface area contributed by atoms with Crippen molar-refractivity contribution in [2.75, 3.05) is 11.9 Å². The van der Waals surface area contributed by atoms with E-state index < -0.39 is 0 Å². The van der Waals surface area contributed by atoms with Crippen molar-refractivity contribution in [1.29, 1.82) is 0 Å². The van der Waals surface area contributed by atoms with Gasteiger partial charge in [-0.3, -0.25) is 4.79 Å². The van der Waals surface area contributed by atoms with Crippen LogP contribution in [0.25, 0.3) is 9.88 Å². The maximum Gasteiger partial charge on any atom is 0.275 e. The minimum absolute atomic E-state index is 0.227. The zero-order chi connectivity index (χ0) is 16.9. The van der Waals surface area contributed by atoms with Gasteiger partial charge in [-0.15, -0.1) is 22.7 Å². The third kappa shape index (κ3) is 4.01. The van der Waals surface area contributed by atoms with E-state index in [9.17, 15) is 4.79 Å². The fourth-order valence-electron chi connectivity index (χ4n) is 2.03. The number of hydrogen-bond acceptors (Lipinski definition) is 5. The minimum atomic E-state index is -0.227. The number of carbonyl (C=O) groups excluding carboxylic acids is 1. The van der Waals surface area contributed by atoms with Gasteiger partial charge in [0.15, 0.2) is 0 Å². The lowest BCUT2D eigenvalue weighted by molar-refractivity contribution is 0.102. The summed E-state index contributed by atoms with van der Waals surface area (Å²) in [5, 5.41) is 7.53. The molecule has 0 unspecified atom stereocenters. The largest absolute Gasteiger partial charge is 0.491 e. The molecule has 2 heterocycles. The molecule has 0 aliphatic rings. The third-order valence-electron chi connectivity index (χ3n) is 3.18. The summed E-state index contributed by atoms with van der Waals surface area (Å²) in [6.45, 7) is 4.78. The number of rotatable bonds is 6. The maximum absolute atomic E-state index is 12.5. The number of benzene rings is 1. The van der Waals surface area contributed by atoms with Gasteiger partial charge in [-0.25, -0.2) is 4.98 Å². The maximum atomic E-state index is 12.5. The van der Waals surface area contributed by atoms with Crippen molar-refractivity contribution in [2.45, 2.75) is 13.8 Å². The van der Waals surface area contributed by atoms with Crippen LogP contribution < -0.4 is 10.1 Å². The third-order valence-corrected chi connectivity index (χ3v) is 5.06. The molecule has 2 aromatic heterocycles. The molecule has 4 nitrogen and oxygen atoms in total. The monoisotopic (exact) mass is 358 g/mol. The van der Waals surface area contributed by atoms with E-state index in [-0.39, 0.29) is 5.91 Å². The number of hydrogen-bond donors (Lipinski definition) is 1. The Morgan fingerprint density at radius 2 is 2.04 bits per heavy atom. The number of ether oxygens (including phenoxy) is 1. The molecule has 1 N–H and O–H groups in total. The molecule has 1 aromatic carbocycles. The highest BCUT2D eigenvalue weighted by molar-refractivity contribution is 7.20. The molecule has 24 heavy (non-hydrogen) atoms.